The summed E-state index contributed by atoms with van der Waals surface area (Å²) in [5, 5.41) is 0. The molecule has 7 heteroatoms. The molecule has 2 aromatic rings. The van der Waals surface area contributed by atoms with Crippen LogP contribution in [0.1, 0.15) is 26.3 Å². The predicted molar refractivity (Wildman–Crippen MR) is 119 cm³/mol. The fourth-order valence-electron chi connectivity index (χ4n) is 2.62. The molecular formula is C22H28O5SSi. The van der Waals surface area contributed by atoms with Gasteiger partial charge in [0.25, 0.3) is 0 Å². The van der Waals surface area contributed by atoms with Gasteiger partial charge in [0.05, 0.1) is 32.0 Å². The monoisotopic (exact) mass is 432 g/mol. The molecule has 0 amide bonds. The van der Waals surface area contributed by atoms with Crippen LogP contribution in [0.25, 0.3) is 0 Å². The summed E-state index contributed by atoms with van der Waals surface area (Å²) in [6.45, 7) is 6.99. The van der Waals surface area contributed by atoms with Gasteiger partial charge in [0.2, 0.25) is 0 Å². The van der Waals surface area contributed by atoms with Gasteiger partial charge in [-0.25, -0.2) is 9.59 Å². The van der Waals surface area contributed by atoms with E-state index in [1.54, 1.807) is 17.8 Å². The minimum Gasteiger partial charge on any atom is -0.497 e. The van der Waals surface area contributed by atoms with Gasteiger partial charge in [-0.05, 0) is 35.9 Å². The maximum absolute atomic E-state index is 12.9. The van der Waals surface area contributed by atoms with Gasteiger partial charge >= 0.3 is 11.9 Å². The van der Waals surface area contributed by atoms with Gasteiger partial charge in [-0.3, -0.25) is 0 Å². The van der Waals surface area contributed by atoms with Gasteiger partial charge in [-0.1, -0.05) is 37.8 Å². The lowest BCUT2D eigenvalue weighted by Crippen LogP contribution is -2.23. The predicted octanol–water partition coefficient (Wildman–Crippen LogP) is 5.27. The Balaban J connectivity index is 2.37. The zero-order valence-electron chi connectivity index (χ0n) is 17.6. The molecule has 0 atom stereocenters. The molecule has 0 radical (unpaired) electrons. The molecule has 0 saturated carbocycles. The van der Waals surface area contributed by atoms with Crippen LogP contribution >= 0.6 is 11.8 Å². The van der Waals surface area contributed by atoms with E-state index >= 15 is 0 Å². The summed E-state index contributed by atoms with van der Waals surface area (Å²) in [5.41, 5.74) is 1.08. The van der Waals surface area contributed by atoms with Crippen molar-refractivity contribution >= 4 is 31.8 Å². The van der Waals surface area contributed by atoms with Gasteiger partial charge in [-0.2, -0.15) is 0 Å². The Hall–Kier alpha value is -2.25. The number of ether oxygens (including phenoxy) is 3. The molecule has 0 spiro atoms. The molecule has 0 heterocycles. The molecule has 2 rings (SSSR count). The number of methoxy groups -OCH3 is 2. The Labute approximate surface area is 177 Å². The van der Waals surface area contributed by atoms with Gasteiger partial charge < -0.3 is 14.2 Å². The van der Waals surface area contributed by atoms with E-state index in [9.17, 15) is 9.59 Å². The molecule has 2 aromatic carbocycles. The number of rotatable bonds is 9. The second kappa shape index (κ2) is 10.5. The molecule has 0 aromatic heterocycles. The Morgan fingerprint density at radius 2 is 1.69 bits per heavy atom. The summed E-state index contributed by atoms with van der Waals surface area (Å²) in [5.74, 6) is -0.112. The average molecular weight is 433 g/mol. The minimum absolute atomic E-state index is 0.161. The van der Waals surface area contributed by atoms with Crippen LogP contribution < -0.4 is 4.74 Å². The maximum Gasteiger partial charge on any atom is 0.339 e. The standard InChI is InChI=1S/C22H28O5SSi/c1-25-17-13-16(15-28-18-9-7-6-8-10-18)20(19(14-17)21(23)26-2)22(24)27-11-12-29(3,4)5/h6-10,13-14H,11-12,15H2,1-5H3. The smallest absolute Gasteiger partial charge is 0.339 e. The number of thioether (sulfide) groups is 1. The Morgan fingerprint density at radius 1 is 1.00 bits per heavy atom. The molecule has 0 unspecified atom stereocenters. The number of benzene rings is 2. The topological polar surface area (TPSA) is 61.8 Å². The average Bonchev–Trinajstić information content (AvgIpc) is 2.70. The number of esters is 2. The van der Waals surface area contributed by atoms with Crippen molar-refractivity contribution in [1.82, 2.24) is 0 Å². The number of hydrogen-bond donors (Lipinski definition) is 0. The summed E-state index contributed by atoms with van der Waals surface area (Å²) in [6, 6.07) is 14.0. The van der Waals surface area contributed by atoms with E-state index in [0.29, 0.717) is 23.7 Å². The quantitative estimate of drug-likeness (QED) is 0.306. The zero-order chi connectivity index (χ0) is 21.4. The molecule has 0 bridgehead atoms. The third kappa shape index (κ3) is 6.94. The molecule has 0 saturated heterocycles. The fourth-order valence-corrected chi connectivity index (χ4v) is 4.23. The van der Waals surface area contributed by atoms with Crippen LogP contribution in [-0.2, 0) is 15.2 Å². The first kappa shape index (κ1) is 23.0. The first-order valence-corrected chi connectivity index (χ1v) is 14.1. The third-order valence-corrected chi connectivity index (χ3v) is 7.03. The van der Waals surface area contributed by atoms with Crippen LogP contribution in [0.15, 0.2) is 47.4 Å². The minimum atomic E-state index is -1.35. The van der Waals surface area contributed by atoms with Crippen molar-refractivity contribution < 1.29 is 23.8 Å². The number of carbonyl (C=O) groups is 2. The van der Waals surface area contributed by atoms with Crippen molar-refractivity contribution in [2.45, 2.75) is 36.3 Å². The highest BCUT2D eigenvalue weighted by atomic mass is 32.2. The summed E-state index contributed by atoms with van der Waals surface area (Å²) in [4.78, 5) is 26.4. The lowest BCUT2D eigenvalue weighted by atomic mass is 10.0. The summed E-state index contributed by atoms with van der Waals surface area (Å²) in [7, 11) is 1.47. The van der Waals surface area contributed by atoms with Crippen LogP contribution in [0.4, 0.5) is 0 Å². The van der Waals surface area contributed by atoms with E-state index in [1.807, 2.05) is 30.3 Å². The third-order valence-electron chi connectivity index (χ3n) is 4.26. The van der Waals surface area contributed by atoms with Crippen molar-refractivity contribution in [3.05, 3.63) is 59.2 Å². The molecule has 29 heavy (non-hydrogen) atoms. The lowest BCUT2D eigenvalue weighted by Gasteiger charge is -2.18. The first-order chi connectivity index (χ1) is 13.7. The van der Waals surface area contributed by atoms with Crippen LogP contribution in [0.2, 0.25) is 25.7 Å². The van der Waals surface area contributed by atoms with Crippen molar-refractivity contribution in [3.8, 4) is 5.75 Å². The van der Waals surface area contributed by atoms with E-state index < -0.39 is 20.0 Å². The van der Waals surface area contributed by atoms with E-state index in [0.717, 1.165) is 10.9 Å². The van der Waals surface area contributed by atoms with Gasteiger partial charge in [0, 0.05) is 18.7 Å². The van der Waals surface area contributed by atoms with E-state index in [1.165, 1.54) is 20.3 Å². The Bertz CT molecular complexity index is 846. The number of carbonyl (C=O) groups excluding carboxylic acids is 2. The lowest BCUT2D eigenvalue weighted by molar-refractivity contribution is 0.0502. The number of hydrogen-bond acceptors (Lipinski definition) is 6. The summed E-state index contributed by atoms with van der Waals surface area (Å²) < 4.78 is 15.8. The SMILES string of the molecule is COC(=O)c1cc(OC)cc(CSc2ccccc2)c1C(=O)OCC[Si](C)(C)C. The first-order valence-electron chi connectivity index (χ1n) is 9.39. The van der Waals surface area contributed by atoms with E-state index in [4.69, 9.17) is 14.2 Å². The van der Waals surface area contributed by atoms with Crippen LogP contribution in [0.5, 0.6) is 5.75 Å². The molecule has 0 N–H and O–H groups in total. The molecule has 0 fully saturated rings. The zero-order valence-corrected chi connectivity index (χ0v) is 19.4. The molecule has 5 nitrogen and oxygen atoms in total. The van der Waals surface area contributed by atoms with Crippen molar-refractivity contribution in [3.63, 3.8) is 0 Å². The van der Waals surface area contributed by atoms with Crippen LogP contribution in [0, 0.1) is 0 Å². The highest BCUT2D eigenvalue weighted by molar-refractivity contribution is 7.98. The molecule has 156 valence electrons. The maximum atomic E-state index is 12.9. The van der Waals surface area contributed by atoms with Crippen molar-refractivity contribution in [2.75, 3.05) is 20.8 Å². The Kier molecular flexibility index (Phi) is 8.34. The van der Waals surface area contributed by atoms with E-state index in [2.05, 4.69) is 19.6 Å². The fraction of sp³-hybridized carbons (Fsp3) is 0.364. The summed E-state index contributed by atoms with van der Waals surface area (Å²) in [6.07, 6.45) is 0. The molecule has 0 aliphatic carbocycles. The van der Waals surface area contributed by atoms with Crippen LogP contribution in [-0.4, -0.2) is 40.8 Å². The van der Waals surface area contributed by atoms with Crippen molar-refractivity contribution in [1.29, 1.82) is 0 Å². The van der Waals surface area contributed by atoms with Gasteiger partial charge in [0.15, 0.2) is 0 Å². The molecular weight excluding hydrogens is 404 g/mol. The molecule has 0 aliphatic heterocycles. The van der Waals surface area contributed by atoms with Crippen LogP contribution in [0.3, 0.4) is 0 Å². The van der Waals surface area contributed by atoms with E-state index in [-0.39, 0.29) is 11.1 Å². The molecule has 0 aliphatic rings. The van der Waals surface area contributed by atoms with Gasteiger partial charge in [-0.15, -0.1) is 11.8 Å². The second-order valence-electron chi connectivity index (χ2n) is 7.75. The largest absolute Gasteiger partial charge is 0.497 e. The summed E-state index contributed by atoms with van der Waals surface area (Å²) >= 11 is 1.57. The van der Waals surface area contributed by atoms with Gasteiger partial charge in [0.1, 0.15) is 5.75 Å². The highest BCUT2D eigenvalue weighted by Crippen LogP contribution is 2.30. The normalized spacial score (nSPS) is 11.1. The Morgan fingerprint density at radius 3 is 2.28 bits per heavy atom. The van der Waals surface area contributed by atoms with Crippen molar-refractivity contribution in [2.24, 2.45) is 0 Å². The second-order valence-corrected chi connectivity index (χ2v) is 14.4. The highest BCUT2D eigenvalue weighted by Gasteiger charge is 2.25.